The van der Waals surface area contributed by atoms with Crippen LogP contribution in [-0.4, -0.2) is 37.0 Å². The average molecular weight is 278 g/mol. The Kier molecular flexibility index (Phi) is 5.53. The van der Waals surface area contributed by atoms with Gasteiger partial charge in [-0.05, 0) is 63.5 Å². The van der Waals surface area contributed by atoms with Gasteiger partial charge >= 0.3 is 0 Å². The zero-order valence-electron chi connectivity index (χ0n) is 12.1. The number of likely N-dealkylation sites (tertiary alicyclic amines) is 1. The number of hydrogen-bond acceptors (Lipinski definition) is 2. The van der Waals surface area contributed by atoms with Crippen molar-refractivity contribution in [1.82, 2.24) is 10.2 Å². The van der Waals surface area contributed by atoms with Crippen LogP contribution in [0.4, 0.5) is 4.39 Å². The number of carbonyl (C=O) groups excluding carboxylic acids is 1. The largest absolute Gasteiger partial charge is 0.352 e. The number of benzene rings is 1. The van der Waals surface area contributed by atoms with E-state index in [-0.39, 0.29) is 11.7 Å². The van der Waals surface area contributed by atoms with Crippen LogP contribution in [0, 0.1) is 12.7 Å². The smallest absolute Gasteiger partial charge is 0.251 e. The number of piperidine rings is 1. The van der Waals surface area contributed by atoms with Gasteiger partial charge in [0.25, 0.3) is 5.91 Å². The molecule has 1 fully saturated rings. The highest BCUT2D eigenvalue weighted by Crippen LogP contribution is 2.10. The maximum absolute atomic E-state index is 13.4. The quantitative estimate of drug-likeness (QED) is 0.840. The minimum Gasteiger partial charge on any atom is -0.352 e. The molecule has 4 heteroatoms. The molecule has 1 N–H and O–H groups in total. The maximum atomic E-state index is 13.4. The molecule has 0 bridgehead atoms. The molecule has 20 heavy (non-hydrogen) atoms. The molecule has 0 saturated carbocycles. The third kappa shape index (κ3) is 4.30. The van der Waals surface area contributed by atoms with Gasteiger partial charge in [-0.15, -0.1) is 0 Å². The van der Waals surface area contributed by atoms with Crippen molar-refractivity contribution < 1.29 is 9.18 Å². The van der Waals surface area contributed by atoms with Crippen molar-refractivity contribution in [3.05, 3.63) is 35.1 Å². The molecule has 1 aromatic rings. The Labute approximate surface area is 120 Å². The molecular weight excluding hydrogens is 255 g/mol. The van der Waals surface area contributed by atoms with Crippen LogP contribution in [0.3, 0.4) is 0 Å². The fourth-order valence-electron chi connectivity index (χ4n) is 2.52. The molecular formula is C16H23FN2O. The Morgan fingerprint density at radius 2 is 2.05 bits per heavy atom. The van der Waals surface area contributed by atoms with E-state index in [4.69, 9.17) is 0 Å². The van der Waals surface area contributed by atoms with Crippen molar-refractivity contribution in [2.24, 2.45) is 0 Å². The molecule has 1 aliphatic heterocycles. The van der Waals surface area contributed by atoms with Gasteiger partial charge in [-0.2, -0.15) is 0 Å². The minimum atomic E-state index is -0.328. The van der Waals surface area contributed by atoms with Gasteiger partial charge in [-0.1, -0.05) is 12.5 Å². The van der Waals surface area contributed by atoms with Crippen LogP contribution in [0.1, 0.15) is 41.6 Å². The molecule has 3 nitrogen and oxygen atoms in total. The molecule has 1 heterocycles. The third-order valence-electron chi connectivity index (χ3n) is 3.82. The van der Waals surface area contributed by atoms with Gasteiger partial charge in [0, 0.05) is 12.1 Å². The third-order valence-corrected chi connectivity index (χ3v) is 3.82. The maximum Gasteiger partial charge on any atom is 0.251 e. The number of aryl methyl sites for hydroxylation is 1. The molecule has 0 atom stereocenters. The van der Waals surface area contributed by atoms with Crippen molar-refractivity contribution in [1.29, 1.82) is 0 Å². The number of rotatable bonds is 5. The molecule has 2 rings (SSSR count). The summed E-state index contributed by atoms with van der Waals surface area (Å²) in [5, 5.41) is 2.85. The van der Waals surface area contributed by atoms with E-state index >= 15 is 0 Å². The Morgan fingerprint density at radius 1 is 1.30 bits per heavy atom. The van der Waals surface area contributed by atoms with Crippen LogP contribution >= 0.6 is 0 Å². The van der Waals surface area contributed by atoms with E-state index in [2.05, 4.69) is 10.2 Å². The van der Waals surface area contributed by atoms with Crippen LogP contribution in [0.25, 0.3) is 0 Å². The fraction of sp³-hybridized carbons (Fsp3) is 0.562. The van der Waals surface area contributed by atoms with Crippen molar-refractivity contribution in [2.45, 2.75) is 32.6 Å². The highest BCUT2D eigenvalue weighted by Gasteiger charge is 2.10. The first-order valence-electron chi connectivity index (χ1n) is 7.43. The molecule has 1 aliphatic rings. The summed E-state index contributed by atoms with van der Waals surface area (Å²) in [4.78, 5) is 14.3. The first-order chi connectivity index (χ1) is 9.66. The first-order valence-corrected chi connectivity index (χ1v) is 7.43. The summed E-state index contributed by atoms with van der Waals surface area (Å²) in [6.07, 6.45) is 4.86. The van der Waals surface area contributed by atoms with E-state index in [0.29, 0.717) is 17.7 Å². The zero-order chi connectivity index (χ0) is 14.4. The summed E-state index contributed by atoms with van der Waals surface area (Å²) in [5.74, 6) is -0.520. The summed E-state index contributed by atoms with van der Waals surface area (Å²) in [5.41, 5.74) is 0.956. The SMILES string of the molecule is Cc1ccc(C(=O)NCCCN2CCCCC2)cc1F. The van der Waals surface area contributed by atoms with Crippen molar-refractivity contribution in [3.8, 4) is 0 Å². The Balaban J connectivity index is 1.70. The lowest BCUT2D eigenvalue weighted by atomic mass is 10.1. The van der Waals surface area contributed by atoms with E-state index in [1.807, 2.05) is 0 Å². The fourth-order valence-corrected chi connectivity index (χ4v) is 2.52. The van der Waals surface area contributed by atoms with Gasteiger partial charge in [0.15, 0.2) is 0 Å². The highest BCUT2D eigenvalue weighted by molar-refractivity contribution is 5.94. The lowest BCUT2D eigenvalue weighted by molar-refractivity contribution is 0.0950. The number of carbonyl (C=O) groups is 1. The summed E-state index contributed by atoms with van der Waals surface area (Å²) in [6, 6.07) is 4.60. The highest BCUT2D eigenvalue weighted by atomic mass is 19.1. The van der Waals surface area contributed by atoms with E-state index in [9.17, 15) is 9.18 Å². The lowest BCUT2D eigenvalue weighted by Crippen LogP contribution is -2.33. The predicted molar refractivity (Wildman–Crippen MR) is 78.4 cm³/mol. The molecule has 1 saturated heterocycles. The number of nitrogens with one attached hydrogen (secondary N) is 1. The van der Waals surface area contributed by atoms with Crippen LogP contribution < -0.4 is 5.32 Å². The van der Waals surface area contributed by atoms with E-state index < -0.39 is 0 Å². The van der Waals surface area contributed by atoms with Gasteiger partial charge in [0.05, 0.1) is 0 Å². The van der Waals surface area contributed by atoms with Crippen LogP contribution in [0.5, 0.6) is 0 Å². The average Bonchev–Trinajstić information content (AvgIpc) is 2.47. The summed E-state index contributed by atoms with van der Waals surface area (Å²) in [7, 11) is 0. The number of amides is 1. The monoisotopic (exact) mass is 278 g/mol. The van der Waals surface area contributed by atoms with Crippen molar-refractivity contribution in [2.75, 3.05) is 26.2 Å². The van der Waals surface area contributed by atoms with Gasteiger partial charge in [-0.3, -0.25) is 4.79 Å². The van der Waals surface area contributed by atoms with Gasteiger partial charge < -0.3 is 10.2 Å². The standard InChI is InChI=1S/C16H23FN2O/c1-13-6-7-14(12-15(13)17)16(20)18-8-5-11-19-9-3-2-4-10-19/h6-7,12H,2-5,8-11H2,1H3,(H,18,20). The Bertz CT molecular complexity index is 456. The summed E-state index contributed by atoms with van der Waals surface area (Å²) in [6.45, 7) is 5.72. The zero-order valence-corrected chi connectivity index (χ0v) is 12.1. The molecule has 1 amide bonds. The Morgan fingerprint density at radius 3 is 2.75 bits per heavy atom. The predicted octanol–water partition coefficient (Wildman–Crippen LogP) is 2.74. The second-order valence-corrected chi connectivity index (χ2v) is 5.48. The summed E-state index contributed by atoms with van der Waals surface area (Å²) < 4.78 is 13.4. The van der Waals surface area contributed by atoms with E-state index in [1.54, 1.807) is 19.1 Å². The Hall–Kier alpha value is -1.42. The normalized spacial score (nSPS) is 16.1. The number of hydrogen-bond donors (Lipinski definition) is 1. The van der Waals surface area contributed by atoms with Crippen LogP contribution in [0.2, 0.25) is 0 Å². The molecule has 1 aromatic carbocycles. The molecule has 0 radical (unpaired) electrons. The minimum absolute atomic E-state index is 0.192. The first kappa shape index (κ1) is 15.0. The lowest BCUT2D eigenvalue weighted by Gasteiger charge is -2.26. The molecule has 110 valence electrons. The van der Waals surface area contributed by atoms with Crippen molar-refractivity contribution in [3.63, 3.8) is 0 Å². The second kappa shape index (κ2) is 7.39. The molecule has 0 aliphatic carbocycles. The molecule has 0 aromatic heterocycles. The van der Waals surface area contributed by atoms with Gasteiger partial charge in [-0.25, -0.2) is 4.39 Å². The molecule has 0 spiro atoms. The summed E-state index contributed by atoms with van der Waals surface area (Å²) >= 11 is 0. The topological polar surface area (TPSA) is 32.3 Å². The van der Waals surface area contributed by atoms with Gasteiger partial charge in [0.1, 0.15) is 5.82 Å². The second-order valence-electron chi connectivity index (χ2n) is 5.48. The van der Waals surface area contributed by atoms with E-state index in [1.165, 1.54) is 38.4 Å². The van der Waals surface area contributed by atoms with Crippen LogP contribution in [0.15, 0.2) is 18.2 Å². The van der Waals surface area contributed by atoms with Crippen LogP contribution in [-0.2, 0) is 0 Å². The van der Waals surface area contributed by atoms with E-state index in [0.717, 1.165) is 13.0 Å². The van der Waals surface area contributed by atoms with Gasteiger partial charge in [0.2, 0.25) is 0 Å². The number of halogens is 1. The molecule has 0 unspecified atom stereocenters. The van der Waals surface area contributed by atoms with Crippen molar-refractivity contribution >= 4 is 5.91 Å². The number of nitrogens with zero attached hydrogens (tertiary/aromatic N) is 1.